The smallest absolute Gasteiger partial charge is 0.320 e. The summed E-state index contributed by atoms with van der Waals surface area (Å²) in [6, 6.07) is 1.10. The third-order valence-electron chi connectivity index (χ3n) is 4.47. The monoisotopic (exact) mass is 394 g/mol. The van der Waals surface area contributed by atoms with E-state index in [9.17, 15) is 0 Å². The summed E-state index contributed by atoms with van der Waals surface area (Å²) < 4.78 is 18.3. The Morgan fingerprint density at radius 3 is 2.61 bits per heavy atom. The number of hydrogen-bond acceptors (Lipinski definition) is 8. The minimum Gasteiger partial charge on any atom is -0.468 e. The average Bonchev–Trinajstić information content (AvgIpc) is 3.00. The van der Waals surface area contributed by atoms with E-state index in [2.05, 4.69) is 34.1 Å². The number of fused-ring (bicyclic) bond motifs is 1. The van der Waals surface area contributed by atoms with Crippen molar-refractivity contribution in [3.8, 4) is 12.0 Å². The van der Waals surface area contributed by atoms with Gasteiger partial charge in [0, 0.05) is 19.7 Å². The van der Waals surface area contributed by atoms with Crippen molar-refractivity contribution in [3.63, 3.8) is 0 Å². The van der Waals surface area contributed by atoms with Crippen LogP contribution in [0.1, 0.15) is 46.5 Å². The van der Waals surface area contributed by atoms with Gasteiger partial charge in [0.05, 0.1) is 19.8 Å². The Balaban J connectivity index is 2.09. The van der Waals surface area contributed by atoms with Gasteiger partial charge in [-0.2, -0.15) is 15.0 Å². The van der Waals surface area contributed by atoms with Crippen LogP contribution in [-0.4, -0.2) is 59.0 Å². The number of aryl methyl sites for hydroxylation is 1. The number of imidazole rings is 1. The van der Waals surface area contributed by atoms with Crippen LogP contribution in [0, 0.1) is 0 Å². The second kappa shape index (κ2) is 11.0. The van der Waals surface area contributed by atoms with E-state index in [1.807, 2.05) is 11.5 Å². The highest BCUT2D eigenvalue weighted by molar-refractivity contribution is 5.83. The molecule has 158 valence electrons. The molecule has 2 atom stereocenters. The maximum atomic E-state index is 6.10. The zero-order valence-electron chi connectivity index (χ0n) is 17.7. The Bertz CT molecular complexity index is 736. The van der Waals surface area contributed by atoms with E-state index in [1.165, 1.54) is 0 Å². The molecule has 0 saturated carbocycles. The first kappa shape index (κ1) is 22.2. The minimum atomic E-state index is 0.0280. The first-order chi connectivity index (χ1) is 13.5. The molecule has 9 nitrogen and oxygen atoms in total. The number of nitrogens with two attached hydrogens (primary N) is 1. The number of hydrogen-bond donors (Lipinski definition) is 2. The van der Waals surface area contributed by atoms with E-state index >= 15 is 0 Å². The summed E-state index contributed by atoms with van der Waals surface area (Å²) in [5, 5.41) is 3.43. The largest absolute Gasteiger partial charge is 0.468 e. The molecular weight excluding hydrogens is 360 g/mol. The van der Waals surface area contributed by atoms with Crippen LogP contribution >= 0.6 is 0 Å². The molecule has 0 aliphatic heterocycles. The Morgan fingerprint density at radius 1 is 1.14 bits per heavy atom. The van der Waals surface area contributed by atoms with E-state index < -0.39 is 0 Å². The van der Waals surface area contributed by atoms with Gasteiger partial charge in [0.25, 0.3) is 6.01 Å². The number of rotatable bonds is 13. The summed E-state index contributed by atoms with van der Waals surface area (Å²) in [6.07, 6.45) is 3.94. The summed E-state index contributed by atoms with van der Waals surface area (Å²) in [7, 11) is 3.30. The van der Waals surface area contributed by atoms with E-state index in [0.717, 1.165) is 38.8 Å². The highest BCUT2D eigenvalue weighted by Crippen LogP contribution is 2.26. The van der Waals surface area contributed by atoms with Crippen LogP contribution < -0.4 is 20.5 Å². The van der Waals surface area contributed by atoms with Gasteiger partial charge in [-0.3, -0.25) is 4.57 Å². The van der Waals surface area contributed by atoms with E-state index in [4.69, 9.17) is 19.9 Å². The minimum absolute atomic E-state index is 0.0280. The van der Waals surface area contributed by atoms with Gasteiger partial charge in [-0.1, -0.05) is 13.3 Å². The summed E-state index contributed by atoms with van der Waals surface area (Å²) >= 11 is 0. The molecule has 3 N–H and O–H groups in total. The molecule has 0 fully saturated rings. The van der Waals surface area contributed by atoms with E-state index in [0.29, 0.717) is 35.6 Å². The van der Waals surface area contributed by atoms with E-state index in [-0.39, 0.29) is 12.1 Å². The second-order valence-electron chi connectivity index (χ2n) is 7.05. The number of aromatic nitrogens is 4. The lowest BCUT2D eigenvalue weighted by Crippen LogP contribution is -2.30. The molecular formula is C19H34N6O3. The average molecular weight is 395 g/mol. The lowest BCUT2D eigenvalue weighted by molar-refractivity contribution is 0.172. The predicted molar refractivity (Wildman–Crippen MR) is 110 cm³/mol. The van der Waals surface area contributed by atoms with Crippen LogP contribution in [0.25, 0.3) is 11.2 Å². The van der Waals surface area contributed by atoms with Crippen LogP contribution in [0.4, 0.5) is 5.82 Å². The molecule has 9 heteroatoms. The molecule has 0 spiro atoms. The molecule has 0 radical (unpaired) electrons. The Labute approximate surface area is 167 Å². The Hall–Kier alpha value is -2.13. The van der Waals surface area contributed by atoms with Crippen LogP contribution in [0.15, 0.2) is 0 Å². The number of methoxy groups -OCH3 is 2. The quantitative estimate of drug-likeness (QED) is 0.498. The SMILES string of the molecule is CCCC(C)Oc1nc(N)c2nc(OC)n(CCCCNC(C)COC)c2n1. The first-order valence-electron chi connectivity index (χ1n) is 9.96. The Morgan fingerprint density at radius 2 is 1.93 bits per heavy atom. The molecule has 0 aliphatic rings. The fourth-order valence-electron chi connectivity index (χ4n) is 3.09. The lowest BCUT2D eigenvalue weighted by atomic mass is 10.2. The fraction of sp³-hybridized carbons (Fsp3) is 0.737. The van der Waals surface area contributed by atoms with Crippen LogP contribution in [0.5, 0.6) is 12.0 Å². The maximum absolute atomic E-state index is 6.10. The van der Waals surface area contributed by atoms with Crippen molar-refractivity contribution in [1.82, 2.24) is 24.8 Å². The molecule has 2 heterocycles. The van der Waals surface area contributed by atoms with Gasteiger partial charge in [-0.05, 0) is 39.7 Å². The molecule has 2 rings (SSSR count). The zero-order chi connectivity index (χ0) is 20.5. The third kappa shape index (κ3) is 5.93. The van der Waals surface area contributed by atoms with Gasteiger partial charge in [-0.25, -0.2) is 0 Å². The van der Waals surface area contributed by atoms with Gasteiger partial charge in [-0.15, -0.1) is 0 Å². The molecule has 0 amide bonds. The zero-order valence-corrected chi connectivity index (χ0v) is 17.7. The molecule has 0 bridgehead atoms. The number of unbranched alkanes of at least 4 members (excludes halogenated alkanes) is 1. The third-order valence-corrected chi connectivity index (χ3v) is 4.47. The lowest BCUT2D eigenvalue weighted by Gasteiger charge is -2.13. The van der Waals surface area contributed by atoms with Crippen LogP contribution in [0.3, 0.4) is 0 Å². The number of ether oxygens (including phenoxy) is 3. The summed E-state index contributed by atoms with van der Waals surface area (Å²) in [4.78, 5) is 13.2. The van der Waals surface area contributed by atoms with Gasteiger partial charge in [0.1, 0.15) is 0 Å². The van der Waals surface area contributed by atoms with Crippen molar-refractivity contribution in [2.45, 2.75) is 65.1 Å². The summed E-state index contributed by atoms with van der Waals surface area (Å²) in [5.74, 6) is 0.302. The second-order valence-corrected chi connectivity index (χ2v) is 7.05. The topological polar surface area (TPSA) is 109 Å². The van der Waals surface area contributed by atoms with Gasteiger partial charge in [0.15, 0.2) is 17.0 Å². The predicted octanol–water partition coefficient (Wildman–Crippen LogP) is 2.39. The maximum Gasteiger partial charge on any atom is 0.320 e. The van der Waals surface area contributed by atoms with Gasteiger partial charge >= 0.3 is 6.01 Å². The molecule has 0 saturated heterocycles. The van der Waals surface area contributed by atoms with Crippen molar-refractivity contribution >= 4 is 17.0 Å². The molecule has 0 aliphatic carbocycles. The number of nitrogens with one attached hydrogen (secondary N) is 1. The molecule has 0 aromatic carbocycles. The first-order valence-corrected chi connectivity index (χ1v) is 9.96. The summed E-state index contributed by atoms with van der Waals surface area (Å²) in [5.41, 5.74) is 7.28. The standard InChI is InChI=1S/C19H34N6O3/c1-6-9-14(3)28-18-23-16(20)15-17(24-18)25(19(22-15)27-5)11-8-7-10-21-13(2)12-26-4/h13-14,21H,6-12H2,1-5H3,(H2,20,23,24). The van der Waals surface area contributed by atoms with Crippen LogP contribution in [0.2, 0.25) is 0 Å². The number of anilines is 1. The van der Waals surface area contributed by atoms with E-state index in [1.54, 1.807) is 14.2 Å². The number of nitrogens with zero attached hydrogens (tertiary/aromatic N) is 4. The van der Waals surface area contributed by atoms with Crippen molar-refractivity contribution in [3.05, 3.63) is 0 Å². The molecule has 2 aromatic rings. The molecule has 2 unspecified atom stereocenters. The van der Waals surface area contributed by atoms with Crippen molar-refractivity contribution in [1.29, 1.82) is 0 Å². The fourth-order valence-corrected chi connectivity index (χ4v) is 3.09. The number of nitrogen functional groups attached to an aromatic ring is 1. The molecule has 28 heavy (non-hydrogen) atoms. The van der Waals surface area contributed by atoms with Crippen LogP contribution in [-0.2, 0) is 11.3 Å². The van der Waals surface area contributed by atoms with Crippen molar-refractivity contribution in [2.75, 3.05) is 33.1 Å². The van der Waals surface area contributed by atoms with Crippen molar-refractivity contribution < 1.29 is 14.2 Å². The summed E-state index contributed by atoms with van der Waals surface area (Å²) in [6.45, 7) is 8.57. The van der Waals surface area contributed by atoms with Gasteiger partial charge < -0.3 is 25.3 Å². The normalized spacial score (nSPS) is 13.6. The Kier molecular flexibility index (Phi) is 8.72. The van der Waals surface area contributed by atoms with Gasteiger partial charge in [0.2, 0.25) is 0 Å². The highest BCUT2D eigenvalue weighted by Gasteiger charge is 2.18. The molecule has 2 aromatic heterocycles. The highest BCUT2D eigenvalue weighted by atomic mass is 16.5. The van der Waals surface area contributed by atoms with Crippen molar-refractivity contribution in [2.24, 2.45) is 0 Å².